The van der Waals surface area contributed by atoms with Gasteiger partial charge in [0, 0.05) is 10.6 Å². The molecule has 0 aliphatic carbocycles. The Morgan fingerprint density at radius 3 is 2.41 bits per heavy atom. The number of aryl methyl sites for hydroxylation is 1. The second-order valence-corrected chi connectivity index (χ2v) is 11.1. The van der Waals surface area contributed by atoms with E-state index in [0.717, 1.165) is 11.3 Å². The lowest BCUT2D eigenvalue weighted by atomic mass is 10.1. The number of hydrogen-bond donors (Lipinski definition) is 0. The van der Waals surface area contributed by atoms with E-state index in [2.05, 4.69) is 0 Å². The fourth-order valence-electron chi connectivity index (χ4n) is 3.94. The quantitative estimate of drug-likeness (QED) is 0.0924. The lowest BCUT2D eigenvalue weighted by Gasteiger charge is -2.15. The highest BCUT2D eigenvalue weighted by Gasteiger charge is 2.22. The van der Waals surface area contributed by atoms with Gasteiger partial charge in [-0.15, -0.1) is 0 Å². The molecule has 0 N–H and O–H groups in total. The molecule has 0 spiro atoms. The molecule has 5 rings (SSSR count). The Kier molecular flexibility index (Phi) is 7.30. The highest BCUT2D eigenvalue weighted by Crippen LogP contribution is 2.31. The van der Waals surface area contributed by atoms with Crippen LogP contribution in [0.5, 0.6) is 5.75 Å². The summed E-state index contributed by atoms with van der Waals surface area (Å²) in [7, 11) is 1.55. The lowest BCUT2D eigenvalue weighted by Crippen LogP contribution is -2.22. The fraction of sp³-hybridized carbons (Fsp3) is 0.111. The molecular formula is C27H20ClN3O3S3. The molecule has 0 saturated heterocycles. The number of rotatable bonds is 7. The predicted octanol–water partition coefficient (Wildman–Crippen LogP) is 6.91. The standard InChI is InChI=1S/C27H20ClN3O3S3/c1-16-7-3-4-8-19(16)30-24-23(37-27(30)35)25(33)31(20-9-5-6-10-22(20)34-2)26(29-24)36-15-21(32)17-11-13-18(28)14-12-17/h3-14H,15H2,1-2H3. The van der Waals surface area contributed by atoms with Crippen LogP contribution >= 0.6 is 46.9 Å². The second-order valence-electron chi connectivity index (χ2n) is 8.07. The number of Topliss-reactive ketones (excluding diaryl/α,β-unsaturated/α-hetero) is 1. The van der Waals surface area contributed by atoms with Gasteiger partial charge in [-0.05, 0) is 67.2 Å². The number of carbonyl (C=O) groups is 1. The van der Waals surface area contributed by atoms with Gasteiger partial charge in [0.1, 0.15) is 10.4 Å². The average molecular weight is 566 g/mol. The number of ether oxygens (including phenoxy) is 1. The van der Waals surface area contributed by atoms with Crippen molar-refractivity contribution in [3.05, 3.63) is 103 Å². The normalized spacial score (nSPS) is 11.1. The summed E-state index contributed by atoms with van der Waals surface area (Å²) in [5, 5.41) is 0.915. The summed E-state index contributed by atoms with van der Waals surface area (Å²) in [5.74, 6) is 0.478. The molecule has 0 aliphatic rings. The van der Waals surface area contributed by atoms with Crippen LogP contribution in [0.2, 0.25) is 5.02 Å². The Bertz CT molecular complexity index is 1760. The number of ketones is 1. The van der Waals surface area contributed by atoms with Crippen LogP contribution in [-0.2, 0) is 0 Å². The maximum Gasteiger partial charge on any atom is 0.278 e. The highest BCUT2D eigenvalue weighted by molar-refractivity contribution is 7.99. The first-order valence-electron chi connectivity index (χ1n) is 11.2. The van der Waals surface area contributed by atoms with Crippen molar-refractivity contribution in [1.82, 2.24) is 14.1 Å². The number of carbonyl (C=O) groups excluding carboxylic acids is 1. The van der Waals surface area contributed by atoms with Crippen LogP contribution in [0.3, 0.4) is 0 Å². The van der Waals surface area contributed by atoms with Gasteiger partial charge >= 0.3 is 0 Å². The zero-order chi connectivity index (χ0) is 26.1. The fourth-order valence-corrected chi connectivity index (χ4v) is 6.24. The van der Waals surface area contributed by atoms with Crippen LogP contribution in [0.15, 0.2) is 82.7 Å². The summed E-state index contributed by atoms with van der Waals surface area (Å²) in [4.78, 5) is 31.8. The van der Waals surface area contributed by atoms with Crippen LogP contribution in [0, 0.1) is 10.9 Å². The zero-order valence-corrected chi connectivity index (χ0v) is 23.0. The molecule has 0 aliphatic heterocycles. The van der Waals surface area contributed by atoms with E-state index in [9.17, 15) is 9.59 Å². The number of para-hydroxylation sites is 3. The van der Waals surface area contributed by atoms with Crippen LogP contribution in [0.1, 0.15) is 15.9 Å². The number of thioether (sulfide) groups is 1. The molecule has 186 valence electrons. The molecule has 5 aromatic rings. The highest BCUT2D eigenvalue weighted by atomic mass is 35.5. The molecule has 3 aromatic carbocycles. The number of aromatic nitrogens is 3. The topological polar surface area (TPSA) is 66.1 Å². The van der Waals surface area contributed by atoms with E-state index in [4.69, 9.17) is 33.5 Å². The Morgan fingerprint density at radius 2 is 1.70 bits per heavy atom. The number of nitrogens with zero attached hydrogens (tertiary/aromatic N) is 3. The first-order chi connectivity index (χ1) is 17.9. The number of benzene rings is 3. The van der Waals surface area contributed by atoms with Gasteiger partial charge in [-0.3, -0.25) is 18.7 Å². The van der Waals surface area contributed by atoms with Gasteiger partial charge in [-0.1, -0.05) is 65.0 Å². The number of hydrogen-bond acceptors (Lipinski definition) is 7. The maximum atomic E-state index is 14.0. The lowest BCUT2D eigenvalue weighted by molar-refractivity contribution is 0.102. The number of methoxy groups -OCH3 is 1. The Labute approximate surface area is 231 Å². The summed E-state index contributed by atoms with van der Waals surface area (Å²) in [6.07, 6.45) is 0. The maximum absolute atomic E-state index is 14.0. The van der Waals surface area contributed by atoms with Gasteiger partial charge in [-0.2, -0.15) is 0 Å². The summed E-state index contributed by atoms with van der Waals surface area (Å²) in [5.41, 5.74) is 3.10. The van der Waals surface area contributed by atoms with Crippen molar-refractivity contribution < 1.29 is 9.53 Å². The van der Waals surface area contributed by atoms with E-state index in [1.54, 1.807) is 43.5 Å². The molecule has 0 bridgehead atoms. The van der Waals surface area contributed by atoms with Crippen molar-refractivity contribution >= 4 is 63.0 Å². The molecule has 0 amide bonds. The van der Waals surface area contributed by atoms with E-state index < -0.39 is 0 Å². The van der Waals surface area contributed by atoms with E-state index >= 15 is 0 Å². The van der Waals surface area contributed by atoms with Crippen LogP contribution in [0.4, 0.5) is 0 Å². The van der Waals surface area contributed by atoms with Crippen molar-refractivity contribution in [3.63, 3.8) is 0 Å². The minimum Gasteiger partial charge on any atom is -0.495 e. The molecule has 0 radical (unpaired) electrons. The van der Waals surface area contributed by atoms with E-state index in [1.165, 1.54) is 27.7 Å². The van der Waals surface area contributed by atoms with Gasteiger partial charge < -0.3 is 4.74 Å². The van der Waals surface area contributed by atoms with E-state index in [1.807, 2.05) is 47.9 Å². The first-order valence-corrected chi connectivity index (χ1v) is 13.8. The summed E-state index contributed by atoms with van der Waals surface area (Å²) >= 11 is 14.1. The van der Waals surface area contributed by atoms with Gasteiger partial charge in [0.25, 0.3) is 5.56 Å². The largest absolute Gasteiger partial charge is 0.495 e. The summed E-state index contributed by atoms with van der Waals surface area (Å²) < 4.78 is 9.80. The minimum atomic E-state index is -0.278. The molecule has 0 saturated carbocycles. The molecule has 37 heavy (non-hydrogen) atoms. The third-order valence-electron chi connectivity index (χ3n) is 5.76. The van der Waals surface area contributed by atoms with Crippen molar-refractivity contribution in [2.45, 2.75) is 12.1 Å². The van der Waals surface area contributed by atoms with E-state index in [0.29, 0.717) is 41.5 Å². The Hall–Kier alpha value is -3.24. The summed E-state index contributed by atoms with van der Waals surface area (Å²) in [6.45, 7) is 1.98. The van der Waals surface area contributed by atoms with Gasteiger partial charge in [0.15, 0.2) is 20.5 Å². The van der Waals surface area contributed by atoms with E-state index in [-0.39, 0.29) is 17.1 Å². The van der Waals surface area contributed by atoms with Crippen molar-refractivity contribution in [3.8, 4) is 17.1 Å². The van der Waals surface area contributed by atoms with Gasteiger partial charge in [-0.25, -0.2) is 4.98 Å². The van der Waals surface area contributed by atoms with Crippen molar-refractivity contribution in [1.29, 1.82) is 0 Å². The molecule has 0 fully saturated rings. The third-order valence-corrected chi connectivity index (χ3v) is 8.30. The molecule has 0 unspecified atom stereocenters. The van der Waals surface area contributed by atoms with Crippen molar-refractivity contribution in [2.24, 2.45) is 0 Å². The monoisotopic (exact) mass is 565 g/mol. The molecule has 2 aromatic heterocycles. The molecule has 0 atom stereocenters. The van der Waals surface area contributed by atoms with Crippen LogP contribution < -0.4 is 10.3 Å². The molecular weight excluding hydrogens is 546 g/mol. The number of fused-ring (bicyclic) bond motifs is 1. The van der Waals surface area contributed by atoms with Gasteiger partial charge in [0.2, 0.25) is 0 Å². The smallest absolute Gasteiger partial charge is 0.278 e. The first kappa shape index (κ1) is 25.4. The number of thiazole rings is 1. The Balaban J connectivity index is 1.71. The zero-order valence-electron chi connectivity index (χ0n) is 19.8. The third kappa shape index (κ3) is 4.87. The number of halogens is 1. The second kappa shape index (κ2) is 10.6. The molecule has 10 heteroatoms. The SMILES string of the molecule is COc1ccccc1-n1c(SCC(=O)c2ccc(Cl)cc2)nc2c(sc(=S)n2-c2ccccc2C)c1=O. The molecule has 2 heterocycles. The Morgan fingerprint density at radius 1 is 1.03 bits per heavy atom. The summed E-state index contributed by atoms with van der Waals surface area (Å²) in [6, 6.07) is 21.7. The predicted molar refractivity (Wildman–Crippen MR) is 153 cm³/mol. The van der Waals surface area contributed by atoms with Gasteiger partial charge in [0.05, 0.1) is 24.2 Å². The van der Waals surface area contributed by atoms with Crippen LogP contribution in [-0.4, -0.2) is 32.8 Å². The molecule has 6 nitrogen and oxygen atoms in total. The average Bonchev–Trinajstić information content (AvgIpc) is 3.24. The minimum absolute atomic E-state index is 0.0734. The van der Waals surface area contributed by atoms with Crippen LogP contribution in [0.25, 0.3) is 21.7 Å². The van der Waals surface area contributed by atoms with Crippen molar-refractivity contribution in [2.75, 3.05) is 12.9 Å².